The highest BCUT2D eigenvalue weighted by Gasteiger charge is 2.62. The van der Waals surface area contributed by atoms with Gasteiger partial charge in [0, 0.05) is 5.57 Å². The van der Waals surface area contributed by atoms with E-state index in [9.17, 15) is 4.79 Å². The van der Waals surface area contributed by atoms with Gasteiger partial charge >= 0.3 is 5.97 Å². The smallest absolute Gasteiger partial charge is 0.335 e. The fraction of sp³-hybridized carbons (Fsp3) is 0.722. The number of hydrogen-bond acceptors (Lipinski definition) is 3. The maximum Gasteiger partial charge on any atom is 0.335 e. The van der Waals surface area contributed by atoms with Gasteiger partial charge in [0.2, 0.25) is 0 Å². The first kappa shape index (κ1) is 16.3. The van der Waals surface area contributed by atoms with E-state index in [1.165, 1.54) is 12.8 Å². The van der Waals surface area contributed by atoms with Crippen molar-refractivity contribution in [3.05, 3.63) is 24.8 Å². The average Bonchev–Trinajstić information content (AvgIpc) is 2.78. The van der Waals surface area contributed by atoms with Gasteiger partial charge in [-0.2, -0.15) is 0 Å². The van der Waals surface area contributed by atoms with Crippen molar-refractivity contribution in [1.29, 1.82) is 0 Å². The summed E-state index contributed by atoms with van der Waals surface area (Å²) >= 11 is 0. The van der Waals surface area contributed by atoms with Gasteiger partial charge in [-0.1, -0.05) is 33.4 Å². The fourth-order valence-electron chi connectivity index (χ4n) is 4.23. The summed E-state index contributed by atoms with van der Waals surface area (Å²) in [6, 6.07) is 0. The molecule has 2 saturated carbocycles. The van der Waals surface area contributed by atoms with E-state index < -0.39 is 0 Å². The Morgan fingerprint density at radius 2 is 2.10 bits per heavy atom. The van der Waals surface area contributed by atoms with Gasteiger partial charge in [-0.25, -0.2) is 4.79 Å². The lowest BCUT2D eigenvalue weighted by atomic mass is 9.65. The van der Waals surface area contributed by atoms with Crippen LogP contribution in [0.5, 0.6) is 0 Å². The molecule has 2 fully saturated rings. The van der Waals surface area contributed by atoms with Crippen LogP contribution in [0.1, 0.15) is 47.0 Å². The Labute approximate surface area is 128 Å². The number of carbonyl (C=O) groups excluding carboxylic acids is 1. The summed E-state index contributed by atoms with van der Waals surface area (Å²) in [5.41, 5.74) is 1.04. The molecule has 21 heavy (non-hydrogen) atoms. The van der Waals surface area contributed by atoms with E-state index in [0.29, 0.717) is 11.5 Å². The molecule has 118 valence electrons. The van der Waals surface area contributed by atoms with E-state index in [1.54, 1.807) is 6.08 Å². The van der Waals surface area contributed by atoms with Crippen LogP contribution >= 0.6 is 0 Å². The molecule has 0 aromatic rings. The number of esters is 1. The number of fused-ring (bicyclic) bond motifs is 2. The minimum absolute atomic E-state index is 0.0404. The third-order valence-electron chi connectivity index (χ3n) is 6.33. The molecule has 0 aliphatic heterocycles. The maximum absolute atomic E-state index is 12.2. The van der Waals surface area contributed by atoms with E-state index in [1.807, 2.05) is 6.92 Å². The second-order valence-corrected chi connectivity index (χ2v) is 7.35. The van der Waals surface area contributed by atoms with Gasteiger partial charge in [-0.05, 0) is 48.9 Å². The Balaban J connectivity index is 1.95. The first-order valence-electron chi connectivity index (χ1n) is 7.84. The maximum atomic E-state index is 12.2. The van der Waals surface area contributed by atoms with Crippen molar-refractivity contribution in [3.8, 4) is 0 Å². The minimum Gasteiger partial charge on any atom is -0.435 e. The molecular weight excluding hydrogens is 264 g/mol. The van der Waals surface area contributed by atoms with Crippen molar-refractivity contribution in [3.63, 3.8) is 0 Å². The zero-order valence-electron chi connectivity index (χ0n) is 13.8. The quantitative estimate of drug-likeness (QED) is 0.320. The van der Waals surface area contributed by atoms with Crippen molar-refractivity contribution in [2.75, 3.05) is 6.79 Å². The van der Waals surface area contributed by atoms with Gasteiger partial charge in [-0.15, -0.1) is 6.58 Å². The molecule has 0 radical (unpaired) electrons. The van der Waals surface area contributed by atoms with Gasteiger partial charge < -0.3 is 9.47 Å². The van der Waals surface area contributed by atoms with E-state index >= 15 is 0 Å². The second kappa shape index (κ2) is 5.60. The predicted octanol–water partition coefficient (Wildman–Crippen LogP) is 4.10. The minimum atomic E-state index is -0.319. The molecule has 0 aromatic heterocycles. The van der Waals surface area contributed by atoms with Crippen molar-refractivity contribution in [2.45, 2.75) is 53.1 Å². The van der Waals surface area contributed by atoms with Gasteiger partial charge in [0.05, 0.1) is 6.10 Å². The lowest BCUT2D eigenvalue weighted by molar-refractivity contribution is -0.154. The van der Waals surface area contributed by atoms with Crippen LogP contribution in [0, 0.1) is 22.7 Å². The standard InChI is InChI=1S/C18H28O3/c1-7-12(2)20-11-21-16(19)13(3)15-10-14-8-9-18(15,6)17(14,4)5/h7,12,14-15H,1,3,8-11H2,2,4-6H3/t12?,14-,15?,18-/m1/s1. The number of ether oxygens (including phenoxy) is 2. The third-order valence-corrected chi connectivity index (χ3v) is 6.33. The van der Waals surface area contributed by atoms with Crippen LogP contribution in [0.15, 0.2) is 24.8 Å². The molecule has 2 unspecified atom stereocenters. The van der Waals surface area contributed by atoms with Crippen LogP contribution < -0.4 is 0 Å². The molecule has 0 spiro atoms. The molecule has 2 aliphatic rings. The Kier molecular flexibility index (Phi) is 4.34. The van der Waals surface area contributed by atoms with Crippen molar-refractivity contribution in [2.24, 2.45) is 22.7 Å². The molecular formula is C18H28O3. The fourth-order valence-corrected chi connectivity index (χ4v) is 4.23. The van der Waals surface area contributed by atoms with Crippen LogP contribution in [-0.4, -0.2) is 18.9 Å². The molecule has 3 heteroatoms. The summed E-state index contributed by atoms with van der Waals surface area (Å²) < 4.78 is 10.5. The first-order chi connectivity index (χ1) is 9.74. The molecule has 0 N–H and O–H groups in total. The second-order valence-electron chi connectivity index (χ2n) is 7.35. The molecule has 2 aliphatic carbocycles. The molecule has 3 nitrogen and oxygen atoms in total. The molecule has 2 rings (SSSR count). The lowest BCUT2D eigenvalue weighted by Crippen LogP contribution is -2.34. The van der Waals surface area contributed by atoms with Gasteiger partial charge in [0.25, 0.3) is 0 Å². The summed E-state index contributed by atoms with van der Waals surface area (Å²) in [6.07, 6.45) is 5.04. The summed E-state index contributed by atoms with van der Waals surface area (Å²) in [6.45, 7) is 16.4. The summed E-state index contributed by atoms with van der Waals surface area (Å²) in [5, 5.41) is 0. The Bertz CT molecular complexity index is 451. The normalized spacial score (nSPS) is 34.5. The zero-order valence-corrected chi connectivity index (χ0v) is 13.8. The molecule has 2 bridgehead atoms. The summed E-state index contributed by atoms with van der Waals surface area (Å²) in [5.74, 6) is 0.602. The molecule has 0 heterocycles. The van der Waals surface area contributed by atoms with Crippen LogP contribution in [0.2, 0.25) is 0 Å². The highest BCUT2D eigenvalue weighted by molar-refractivity contribution is 5.88. The van der Waals surface area contributed by atoms with Crippen molar-refractivity contribution in [1.82, 2.24) is 0 Å². The number of rotatable bonds is 6. The van der Waals surface area contributed by atoms with E-state index in [-0.39, 0.29) is 35.6 Å². The monoisotopic (exact) mass is 292 g/mol. The Morgan fingerprint density at radius 1 is 1.43 bits per heavy atom. The molecule has 4 atom stereocenters. The van der Waals surface area contributed by atoms with Crippen LogP contribution in [0.25, 0.3) is 0 Å². The van der Waals surface area contributed by atoms with Crippen LogP contribution in [-0.2, 0) is 14.3 Å². The Morgan fingerprint density at radius 3 is 2.57 bits per heavy atom. The van der Waals surface area contributed by atoms with E-state index in [4.69, 9.17) is 9.47 Å². The third kappa shape index (κ3) is 2.57. The SMILES string of the molecule is C=CC(C)OCOC(=O)C(=C)C1C[C@H]2CC[C@@]1(C)C2(C)C. The molecule has 0 saturated heterocycles. The largest absolute Gasteiger partial charge is 0.435 e. The topological polar surface area (TPSA) is 35.5 Å². The Hall–Kier alpha value is -1.09. The van der Waals surface area contributed by atoms with Gasteiger partial charge in [-0.3, -0.25) is 0 Å². The van der Waals surface area contributed by atoms with E-state index in [2.05, 4.69) is 33.9 Å². The van der Waals surface area contributed by atoms with Crippen molar-refractivity contribution >= 4 is 5.97 Å². The number of hydrogen-bond donors (Lipinski definition) is 0. The van der Waals surface area contributed by atoms with E-state index in [0.717, 1.165) is 6.42 Å². The van der Waals surface area contributed by atoms with Gasteiger partial charge in [0.1, 0.15) is 0 Å². The summed E-state index contributed by atoms with van der Waals surface area (Å²) in [4.78, 5) is 12.2. The van der Waals surface area contributed by atoms with Crippen LogP contribution in [0.4, 0.5) is 0 Å². The highest BCUT2D eigenvalue weighted by atomic mass is 16.7. The number of carbonyl (C=O) groups is 1. The summed E-state index contributed by atoms with van der Waals surface area (Å²) in [7, 11) is 0. The van der Waals surface area contributed by atoms with Crippen molar-refractivity contribution < 1.29 is 14.3 Å². The average molecular weight is 292 g/mol. The van der Waals surface area contributed by atoms with Gasteiger partial charge in [0.15, 0.2) is 6.79 Å². The molecule has 0 aromatic carbocycles. The first-order valence-corrected chi connectivity index (χ1v) is 7.84. The predicted molar refractivity (Wildman–Crippen MR) is 83.6 cm³/mol. The molecule has 0 amide bonds. The lowest BCUT2D eigenvalue weighted by Gasteiger charge is -2.39. The zero-order chi connectivity index (χ0) is 15.8. The highest BCUT2D eigenvalue weighted by Crippen LogP contribution is 2.69. The van der Waals surface area contributed by atoms with Crippen LogP contribution in [0.3, 0.4) is 0 Å².